The Hall–Kier alpha value is -3.27. The van der Waals surface area contributed by atoms with Crippen LogP contribution in [0, 0.1) is 0 Å². The molecule has 0 aliphatic carbocycles. The predicted molar refractivity (Wildman–Crippen MR) is 105 cm³/mol. The van der Waals surface area contributed by atoms with Crippen molar-refractivity contribution in [1.82, 2.24) is 34.2 Å². The van der Waals surface area contributed by atoms with Crippen LogP contribution >= 0.6 is 0 Å². The van der Waals surface area contributed by atoms with Crippen molar-refractivity contribution in [2.24, 2.45) is 7.05 Å². The van der Waals surface area contributed by atoms with Crippen LogP contribution in [0.1, 0.15) is 59.3 Å². The van der Waals surface area contributed by atoms with Crippen LogP contribution in [0.2, 0.25) is 0 Å². The van der Waals surface area contributed by atoms with E-state index in [1.165, 1.54) is 0 Å². The Balaban J connectivity index is 1.55. The lowest BCUT2D eigenvalue weighted by Gasteiger charge is -2.27. The maximum absolute atomic E-state index is 13.0. The highest BCUT2D eigenvalue weighted by Crippen LogP contribution is 2.23. The summed E-state index contributed by atoms with van der Waals surface area (Å²) < 4.78 is 3.57. The second-order valence-electron chi connectivity index (χ2n) is 7.50. The number of nitrogen functional groups attached to an aromatic ring is 1. The summed E-state index contributed by atoms with van der Waals surface area (Å²) in [6.07, 6.45) is 2.48. The van der Waals surface area contributed by atoms with E-state index in [4.69, 9.17) is 5.73 Å². The van der Waals surface area contributed by atoms with Gasteiger partial charge in [-0.2, -0.15) is 5.10 Å². The molecular formula is C19H24N8O2. The van der Waals surface area contributed by atoms with Crippen molar-refractivity contribution in [3.8, 4) is 0 Å². The number of carbonyl (C=O) groups is 1. The van der Waals surface area contributed by atoms with E-state index in [0.717, 1.165) is 11.4 Å². The van der Waals surface area contributed by atoms with Gasteiger partial charge in [0.15, 0.2) is 6.10 Å². The summed E-state index contributed by atoms with van der Waals surface area (Å²) in [5, 5.41) is 15.1. The second-order valence-corrected chi connectivity index (χ2v) is 7.50. The van der Waals surface area contributed by atoms with E-state index in [1.807, 2.05) is 31.6 Å². The quantitative estimate of drug-likeness (QED) is 0.669. The summed E-state index contributed by atoms with van der Waals surface area (Å²) in [5.41, 5.74) is 8.18. The molecule has 0 saturated heterocycles. The third-order valence-electron chi connectivity index (χ3n) is 5.06. The molecule has 1 aliphatic heterocycles. The van der Waals surface area contributed by atoms with E-state index in [0.29, 0.717) is 36.8 Å². The van der Waals surface area contributed by atoms with E-state index in [-0.39, 0.29) is 17.8 Å². The van der Waals surface area contributed by atoms with Gasteiger partial charge >= 0.3 is 0 Å². The van der Waals surface area contributed by atoms with Gasteiger partial charge in [-0.05, 0) is 18.1 Å². The lowest BCUT2D eigenvalue weighted by Crippen LogP contribution is -2.39. The molecule has 1 atom stereocenters. The van der Waals surface area contributed by atoms with Crippen LogP contribution in [0.15, 0.2) is 24.5 Å². The lowest BCUT2D eigenvalue weighted by atomic mass is 10.1. The smallest absolute Gasteiger partial charge is 0.273 e. The van der Waals surface area contributed by atoms with Gasteiger partial charge in [0.1, 0.15) is 11.5 Å². The van der Waals surface area contributed by atoms with Crippen molar-refractivity contribution >= 4 is 11.9 Å². The highest BCUT2D eigenvalue weighted by Gasteiger charge is 2.27. The Morgan fingerprint density at radius 3 is 2.69 bits per heavy atom. The van der Waals surface area contributed by atoms with Crippen LogP contribution in [0.5, 0.6) is 0 Å². The number of aliphatic hydroxyl groups is 1. The average Bonchev–Trinajstić information content (AvgIpc) is 3.31. The van der Waals surface area contributed by atoms with Crippen molar-refractivity contribution in [2.75, 3.05) is 12.3 Å². The fraction of sp³-hybridized carbons (Fsp3) is 0.421. The molecule has 29 heavy (non-hydrogen) atoms. The Morgan fingerprint density at radius 1 is 1.21 bits per heavy atom. The van der Waals surface area contributed by atoms with Gasteiger partial charge in [-0.3, -0.25) is 9.48 Å². The molecule has 3 aromatic heterocycles. The monoisotopic (exact) mass is 396 g/mol. The standard InChI is InChI=1S/C19H24N8O2/c1-11(2)13-9-15(23-19(20)22-13)18(29)26-6-7-27-12(10-26)8-14(24-27)16(28)17-21-4-5-25(17)3/h4-5,8-9,11,16,28H,6-7,10H2,1-3H3,(H2,20,22,23). The molecule has 1 amide bonds. The number of nitrogens with zero attached hydrogens (tertiary/aromatic N) is 7. The molecule has 1 aliphatic rings. The number of rotatable bonds is 4. The molecule has 0 aromatic carbocycles. The topological polar surface area (TPSA) is 128 Å². The van der Waals surface area contributed by atoms with Gasteiger partial charge in [0.05, 0.1) is 24.5 Å². The largest absolute Gasteiger partial charge is 0.379 e. The van der Waals surface area contributed by atoms with Crippen molar-refractivity contribution < 1.29 is 9.90 Å². The van der Waals surface area contributed by atoms with Gasteiger partial charge < -0.3 is 20.3 Å². The molecule has 4 heterocycles. The minimum atomic E-state index is -0.924. The van der Waals surface area contributed by atoms with Crippen molar-refractivity contribution in [3.05, 3.63) is 53.1 Å². The number of amides is 1. The van der Waals surface area contributed by atoms with Crippen LogP contribution in [-0.4, -0.2) is 51.8 Å². The number of aliphatic hydroxyl groups excluding tert-OH is 1. The first-order chi connectivity index (χ1) is 13.8. The number of aromatic nitrogens is 6. The number of imidazole rings is 1. The van der Waals surface area contributed by atoms with E-state index in [9.17, 15) is 9.90 Å². The normalized spacial score (nSPS) is 14.9. The molecule has 10 heteroatoms. The minimum absolute atomic E-state index is 0.0991. The maximum atomic E-state index is 13.0. The SMILES string of the molecule is CC(C)c1cc(C(=O)N2CCn3nc(C(O)c4nccn4C)cc3C2)nc(N)n1. The third kappa shape index (κ3) is 3.58. The molecule has 4 rings (SSSR count). The Kier molecular flexibility index (Phi) is 4.79. The van der Waals surface area contributed by atoms with Gasteiger partial charge in [0.2, 0.25) is 5.95 Å². The molecular weight excluding hydrogens is 372 g/mol. The van der Waals surface area contributed by atoms with Crippen LogP contribution in [0.4, 0.5) is 5.95 Å². The summed E-state index contributed by atoms with van der Waals surface area (Å²) >= 11 is 0. The first-order valence-corrected chi connectivity index (χ1v) is 9.49. The number of carbonyl (C=O) groups excluding carboxylic acids is 1. The number of hydrogen-bond donors (Lipinski definition) is 2. The maximum Gasteiger partial charge on any atom is 0.273 e. The molecule has 0 spiro atoms. The van der Waals surface area contributed by atoms with E-state index in [1.54, 1.807) is 27.9 Å². The zero-order valence-corrected chi connectivity index (χ0v) is 16.6. The molecule has 3 aromatic rings. The average molecular weight is 396 g/mol. The second kappa shape index (κ2) is 7.28. The summed E-state index contributed by atoms with van der Waals surface area (Å²) in [4.78, 5) is 27.2. The molecule has 0 saturated carbocycles. The number of anilines is 1. The van der Waals surface area contributed by atoms with Gasteiger partial charge in [-0.1, -0.05) is 13.8 Å². The predicted octanol–water partition coefficient (Wildman–Crippen LogP) is 0.850. The number of aryl methyl sites for hydroxylation is 1. The van der Waals surface area contributed by atoms with Gasteiger partial charge in [-0.15, -0.1) is 0 Å². The van der Waals surface area contributed by atoms with Crippen molar-refractivity contribution in [1.29, 1.82) is 0 Å². The summed E-state index contributed by atoms with van der Waals surface area (Å²) in [7, 11) is 1.82. The summed E-state index contributed by atoms with van der Waals surface area (Å²) in [6.45, 7) is 5.38. The van der Waals surface area contributed by atoms with Crippen molar-refractivity contribution in [2.45, 2.75) is 39.0 Å². The van der Waals surface area contributed by atoms with E-state index < -0.39 is 6.10 Å². The molecule has 0 bridgehead atoms. The molecule has 1 unspecified atom stereocenters. The Labute approximate surface area is 168 Å². The minimum Gasteiger partial charge on any atom is -0.379 e. The van der Waals surface area contributed by atoms with Crippen LogP contribution < -0.4 is 5.73 Å². The fourth-order valence-electron chi connectivity index (χ4n) is 3.42. The molecule has 3 N–H and O–H groups in total. The van der Waals surface area contributed by atoms with Crippen molar-refractivity contribution in [3.63, 3.8) is 0 Å². The molecule has 0 radical (unpaired) electrons. The van der Waals surface area contributed by atoms with Gasteiger partial charge in [-0.25, -0.2) is 15.0 Å². The fourth-order valence-corrected chi connectivity index (χ4v) is 3.42. The van der Waals surface area contributed by atoms with Crippen LogP contribution in [-0.2, 0) is 20.1 Å². The van der Waals surface area contributed by atoms with Gasteiger partial charge in [0, 0.05) is 31.7 Å². The highest BCUT2D eigenvalue weighted by atomic mass is 16.3. The summed E-state index contributed by atoms with van der Waals surface area (Å²) in [6, 6.07) is 3.51. The summed E-state index contributed by atoms with van der Waals surface area (Å²) in [5.74, 6) is 0.567. The number of nitrogens with two attached hydrogens (primary N) is 1. The number of fused-ring (bicyclic) bond motifs is 1. The van der Waals surface area contributed by atoms with E-state index in [2.05, 4.69) is 20.1 Å². The first kappa shape index (κ1) is 19.1. The van der Waals surface area contributed by atoms with E-state index >= 15 is 0 Å². The molecule has 0 fully saturated rings. The first-order valence-electron chi connectivity index (χ1n) is 9.49. The zero-order chi connectivity index (χ0) is 20.7. The van der Waals surface area contributed by atoms with Crippen LogP contribution in [0.3, 0.4) is 0 Å². The highest BCUT2D eigenvalue weighted by molar-refractivity contribution is 5.92. The Bertz CT molecular complexity index is 1050. The zero-order valence-electron chi connectivity index (χ0n) is 16.6. The molecule has 10 nitrogen and oxygen atoms in total. The molecule has 152 valence electrons. The third-order valence-corrected chi connectivity index (χ3v) is 5.06. The van der Waals surface area contributed by atoms with Crippen LogP contribution in [0.25, 0.3) is 0 Å². The number of hydrogen-bond acceptors (Lipinski definition) is 7. The lowest BCUT2D eigenvalue weighted by molar-refractivity contribution is 0.0699. The Morgan fingerprint density at radius 2 is 2.00 bits per heavy atom. The van der Waals surface area contributed by atoms with Gasteiger partial charge in [0.25, 0.3) is 5.91 Å².